The summed E-state index contributed by atoms with van der Waals surface area (Å²) in [6.07, 6.45) is 5.24. The largest absolute Gasteiger partial charge is 0.382 e. The van der Waals surface area contributed by atoms with Crippen molar-refractivity contribution >= 4 is 0 Å². The van der Waals surface area contributed by atoms with Crippen LogP contribution in [0.2, 0.25) is 0 Å². The van der Waals surface area contributed by atoms with Gasteiger partial charge in [-0.15, -0.1) is 0 Å². The van der Waals surface area contributed by atoms with Gasteiger partial charge in [-0.05, 0) is 32.6 Å². The smallest absolute Gasteiger partial charge is 0.0761 e. The molecule has 0 amide bonds. The zero-order chi connectivity index (χ0) is 9.47. The summed E-state index contributed by atoms with van der Waals surface area (Å²) in [5, 5.41) is 0. The number of hydrogen-bond donors (Lipinski definition) is 1. The predicted molar refractivity (Wildman–Crippen MR) is 50.5 cm³/mol. The maximum Gasteiger partial charge on any atom is 0.0761 e. The van der Waals surface area contributed by atoms with Gasteiger partial charge in [0.2, 0.25) is 0 Å². The normalized spacial score (nSPS) is 45.5. The fourth-order valence-corrected chi connectivity index (χ4v) is 2.67. The minimum atomic E-state index is -0.113. The van der Waals surface area contributed by atoms with E-state index in [4.69, 9.17) is 15.2 Å². The average molecular weight is 185 g/mol. The molecule has 0 aliphatic carbocycles. The first-order valence-corrected chi connectivity index (χ1v) is 5.11. The van der Waals surface area contributed by atoms with E-state index in [1.807, 2.05) is 0 Å². The van der Waals surface area contributed by atoms with E-state index in [1.54, 1.807) is 7.11 Å². The number of nitrogens with two attached hydrogens (primary N) is 1. The zero-order valence-corrected chi connectivity index (χ0v) is 8.45. The third kappa shape index (κ3) is 1.60. The molecule has 2 fully saturated rings. The molecule has 2 N–H and O–H groups in total. The molecule has 0 aromatic rings. The van der Waals surface area contributed by atoms with Crippen LogP contribution in [0.4, 0.5) is 0 Å². The Bertz CT molecular complexity index is 197. The van der Waals surface area contributed by atoms with Crippen LogP contribution < -0.4 is 5.73 Å². The van der Waals surface area contributed by atoms with E-state index < -0.39 is 0 Å². The molecule has 0 aromatic carbocycles. The molecule has 3 nitrogen and oxygen atoms in total. The summed E-state index contributed by atoms with van der Waals surface area (Å²) in [5.74, 6) is 0. The van der Waals surface area contributed by atoms with E-state index >= 15 is 0 Å². The quantitative estimate of drug-likeness (QED) is 0.715. The molecule has 4 atom stereocenters. The fraction of sp³-hybridized carbons (Fsp3) is 1.00. The van der Waals surface area contributed by atoms with Crippen molar-refractivity contribution in [1.29, 1.82) is 0 Å². The highest BCUT2D eigenvalue weighted by Crippen LogP contribution is 2.42. The lowest BCUT2D eigenvalue weighted by atomic mass is 9.79. The van der Waals surface area contributed by atoms with E-state index in [0.717, 1.165) is 19.3 Å². The molecule has 2 heterocycles. The minimum Gasteiger partial charge on any atom is -0.382 e. The van der Waals surface area contributed by atoms with Crippen molar-refractivity contribution in [2.45, 2.75) is 56.5 Å². The molecule has 2 bridgehead atoms. The maximum absolute atomic E-state index is 6.32. The summed E-state index contributed by atoms with van der Waals surface area (Å²) in [6, 6.07) is 0. The Kier molecular flexibility index (Phi) is 2.34. The third-order valence-corrected chi connectivity index (χ3v) is 3.43. The summed E-state index contributed by atoms with van der Waals surface area (Å²) in [6.45, 7) is 2.07. The summed E-state index contributed by atoms with van der Waals surface area (Å²) in [7, 11) is 1.74. The Morgan fingerprint density at radius 1 is 1.62 bits per heavy atom. The highest BCUT2D eigenvalue weighted by Gasteiger charge is 2.50. The van der Waals surface area contributed by atoms with Crippen LogP contribution in [0.5, 0.6) is 0 Å². The number of hydrogen-bond acceptors (Lipinski definition) is 3. The molecule has 0 spiro atoms. The summed E-state index contributed by atoms with van der Waals surface area (Å²) < 4.78 is 11.0. The Labute approximate surface area is 79.6 Å². The second kappa shape index (κ2) is 3.23. The van der Waals surface area contributed by atoms with E-state index in [0.29, 0.717) is 6.10 Å². The Hall–Kier alpha value is -0.120. The van der Waals surface area contributed by atoms with Crippen molar-refractivity contribution in [3.63, 3.8) is 0 Å². The molecular weight excluding hydrogens is 166 g/mol. The predicted octanol–water partition coefficient (Wildman–Crippen LogP) is 1.06. The van der Waals surface area contributed by atoms with E-state index in [9.17, 15) is 0 Å². The molecule has 0 saturated carbocycles. The lowest BCUT2D eigenvalue weighted by Gasteiger charge is -2.33. The Balaban J connectivity index is 1.97. The molecule has 13 heavy (non-hydrogen) atoms. The topological polar surface area (TPSA) is 44.5 Å². The van der Waals surface area contributed by atoms with Crippen LogP contribution in [0, 0.1) is 0 Å². The average Bonchev–Trinajstić information content (AvgIpc) is 2.62. The van der Waals surface area contributed by atoms with Gasteiger partial charge in [-0.2, -0.15) is 0 Å². The molecular formula is C10H19NO2. The first kappa shape index (κ1) is 9.44. The molecule has 2 aliphatic heterocycles. The number of rotatable bonds is 3. The summed E-state index contributed by atoms with van der Waals surface area (Å²) in [5.41, 5.74) is 6.20. The first-order chi connectivity index (χ1) is 6.14. The van der Waals surface area contributed by atoms with Crippen LogP contribution in [-0.4, -0.2) is 31.0 Å². The first-order valence-electron chi connectivity index (χ1n) is 5.11. The van der Waals surface area contributed by atoms with Crippen LogP contribution in [0.3, 0.4) is 0 Å². The van der Waals surface area contributed by atoms with Gasteiger partial charge in [-0.3, -0.25) is 0 Å². The van der Waals surface area contributed by atoms with E-state index in [-0.39, 0.29) is 17.7 Å². The maximum atomic E-state index is 6.32. The molecule has 2 aliphatic rings. The van der Waals surface area contributed by atoms with Crippen molar-refractivity contribution in [2.75, 3.05) is 7.11 Å². The van der Waals surface area contributed by atoms with Gasteiger partial charge in [0.25, 0.3) is 0 Å². The monoisotopic (exact) mass is 185 g/mol. The van der Waals surface area contributed by atoms with Gasteiger partial charge >= 0.3 is 0 Å². The standard InChI is InChI=1S/C10H19NO2/c1-7(12-2)5-10(11)6-8-3-4-9(10)13-8/h7-9H,3-6,11H2,1-2H3. The van der Waals surface area contributed by atoms with Gasteiger partial charge in [0.15, 0.2) is 0 Å². The lowest BCUT2D eigenvalue weighted by Crippen LogP contribution is -2.50. The highest BCUT2D eigenvalue weighted by atomic mass is 16.5. The molecule has 2 saturated heterocycles. The molecule has 76 valence electrons. The van der Waals surface area contributed by atoms with Gasteiger partial charge in [0, 0.05) is 12.6 Å². The Morgan fingerprint density at radius 3 is 2.85 bits per heavy atom. The van der Waals surface area contributed by atoms with Crippen molar-refractivity contribution in [3.05, 3.63) is 0 Å². The van der Waals surface area contributed by atoms with Crippen LogP contribution in [0.1, 0.15) is 32.6 Å². The third-order valence-electron chi connectivity index (χ3n) is 3.43. The van der Waals surface area contributed by atoms with Gasteiger partial charge < -0.3 is 15.2 Å². The van der Waals surface area contributed by atoms with Crippen LogP contribution >= 0.6 is 0 Å². The molecule has 0 radical (unpaired) electrons. The molecule has 4 unspecified atom stereocenters. The lowest BCUT2D eigenvalue weighted by molar-refractivity contribution is 0.0507. The van der Waals surface area contributed by atoms with Crippen molar-refractivity contribution < 1.29 is 9.47 Å². The summed E-state index contributed by atoms with van der Waals surface area (Å²) in [4.78, 5) is 0. The Morgan fingerprint density at radius 2 is 2.38 bits per heavy atom. The van der Waals surface area contributed by atoms with Gasteiger partial charge in [-0.1, -0.05) is 0 Å². The van der Waals surface area contributed by atoms with E-state index in [1.165, 1.54) is 6.42 Å². The number of fused-ring (bicyclic) bond motifs is 2. The van der Waals surface area contributed by atoms with Gasteiger partial charge in [0.05, 0.1) is 18.3 Å². The van der Waals surface area contributed by atoms with Gasteiger partial charge in [-0.25, -0.2) is 0 Å². The van der Waals surface area contributed by atoms with Crippen LogP contribution in [0.15, 0.2) is 0 Å². The van der Waals surface area contributed by atoms with Crippen LogP contribution in [0.25, 0.3) is 0 Å². The molecule has 2 rings (SSSR count). The van der Waals surface area contributed by atoms with Crippen LogP contribution in [-0.2, 0) is 9.47 Å². The molecule has 3 heteroatoms. The van der Waals surface area contributed by atoms with Crippen molar-refractivity contribution in [1.82, 2.24) is 0 Å². The number of ether oxygens (including phenoxy) is 2. The molecule has 0 aromatic heterocycles. The fourth-order valence-electron chi connectivity index (χ4n) is 2.67. The zero-order valence-electron chi connectivity index (χ0n) is 8.45. The van der Waals surface area contributed by atoms with E-state index in [2.05, 4.69) is 6.92 Å². The van der Waals surface area contributed by atoms with Crippen molar-refractivity contribution in [3.8, 4) is 0 Å². The summed E-state index contributed by atoms with van der Waals surface area (Å²) >= 11 is 0. The highest BCUT2D eigenvalue weighted by molar-refractivity contribution is 5.05. The second-order valence-electron chi connectivity index (χ2n) is 4.51. The number of methoxy groups -OCH3 is 1. The van der Waals surface area contributed by atoms with Gasteiger partial charge in [0.1, 0.15) is 0 Å². The second-order valence-corrected chi connectivity index (χ2v) is 4.51. The SMILES string of the molecule is COC(C)CC1(N)CC2CCC1O2. The minimum absolute atomic E-state index is 0.113. The van der Waals surface area contributed by atoms with Crippen molar-refractivity contribution in [2.24, 2.45) is 5.73 Å².